The summed E-state index contributed by atoms with van der Waals surface area (Å²) in [6.45, 7) is 3.37. The molecule has 0 bridgehead atoms. The summed E-state index contributed by atoms with van der Waals surface area (Å²) in [6, 6.07) is 6.56. The minimum atomic E-state index is -0.393. The molecule has 1 aromatic heterocycles. The number of hydrogen-bond donors (Lipinski definition) is 1. The van der Waals surface area contributed by atoms with Crippen LogP contribution in [0, 0.1) is 0 Å². The number of fused-ring (bicyclic) bond motifs is 1. The second kappa shape index (κ2) is 10.3. The smallest absolute Gasteiger partial charge is 0.348 e. The van der Waals surface area contributed by atoms with Gasteiger partial charge in [-0.1, -0.05) is 11.8 Å². The molecule has 1 amide bonds. The van der Waals surface area contributed by atoms with Crippen molar-refractivity contribution in [2.24, 2.45) is 0 Å². The number of esters is 1. The van der Waals surface area contributed by atoms with E-state index in [0.717, 1.165) is 50.0 Å². The van der Waals surface area contributed by atoms with E-state index < -0.39 is 5.97 Å². The molecule has 1 aliphatic heterocycles. The van der Waals surface area contributed by atoms with Crippen LogP contribution in [0.3, 0.4) is 0 Å². The van der Waals surface area contributed by atoms with Crippen LogP contribution in [0.1, 0.15) is 47.8 Å². The van der Waals surface area contributed by atoms with Gasteiger partial charge in [-0.3, -0.25) is 9.36 Å². The molecule has 1 aliphatic carbocycles. The highest BCUT2D eigenvalue weighted by Gasteiger charge is 2.25. The molecule has 0 spiro atoms. The summed E-state index contributed by atoms with van der Waals surface area (Å²) in [5.41, 5.74) is 2.88. The van der Waals surface area contributed by atoms with Gasteiger partial charge in [0.15, 0.2) is 0 Å². The van der Waals surface area contributed by atoms with Crippen LogP contribution in [0.2, 0.25) is 0 Å². The molecule has 1 aromatic carbocycles. The zero-order chi connectivity index (χ0) is 22.5. The Hall–Kier alpha value is -2.65. The third kappa shape index (κ3) is 5.21. The molecule has 2 heterocycles. The summed E-state index contributed by atoms with van der Waals surface area (Å²) >= 11 is 1.29. The molecule has 32 heavy (non-hydrogen) atoms. The van der Waals surface area contributed by atoms with E-state index in [1.165, 1.54) is 11.8 Å². The van der Waals surface area contributed by atoms with Crippen LogP contribution in [-0.4, -0.2) is 46.5 Å². The van der Waals surface area contributed by atoms with Gasteiger partial charge in [0.1, 0.15) is 5.03 Å². The molecular formula is C23H27N3O5S. The molecule has 1 atom stereocenters. The number of amides is 1. The molecule has 1 unspecified atom stereocenters. The third-order valence-corrected chi connectivity index (χ3v) is 6.65. The number of nitrogens with zero attached hydrogens (tertiary/aromatic N) is 2. The van der Waals surface area contributed by atoms with E-state index in [9.17, 15) is 14.4 Å². The van der Waals surface area contributed by atoms with Crippen molar-refractivity contribution in [3.05, 3.63) is 51.6 Å². The van der Waals surface area contributed by atoms with Gasteiger partial charge in [-0.05, 0) is 63.3 Å². The maximum atomic E-state index is 12.7. The maximum Gasteiger partial charge on any atom is 0.348 e. The first-order valence-electron chi connectivity index (χ1n) is 11.0. The molecule has 0 saturated carbocycles. The second-order valence-corrected chi connectivity index (χ2v) is 8.82. The Bertz CT molecular complexity index is 1040. The first-order valence-corrected chi connectivity index (χ1v) is 12.0. The lowest BCUT2D eigenvalue weighted by molar-refractivity contribution is -0.113. The molecule has 1 fully saturated rings. The molecule has 9 heteroatoms. The zero-order valence-corrected chi connectivity index (χ0v) is 18.9. The normalized spacial score (nSPS) is 17.2. The van der Waals surface area contributed by atoms with Crippen LogP contribution < -0.4 is 11.0 Å². The number of benzene rings is 1. The number of nitrogens with one attached hydrogen (secondary N) is 1. The molecule has 170 valence electrons. The highest BCUT2D eigenvalue weighted by atomic mass is 32.2. The van der Waals surface area contributed by atoms with Crippen LogP contribution in [-0.2, 0) is 33.7 Å². The van der Waals surface area contributed by atoms with E-state index in [2.05, 4.69) is 10.3 Å². The van der Waals surface area contributed by atoms with Gasteiger partial charge in [0.05, 0.1) is 30.6 Å². The molecule has 0 radical (unpaired) electrons. The predicted octanol–water partition coefficient (Wildman–Crippen LogP) is 2.82. The monoisotopic (exact) mass is 457 g/mol. The average molecular weight is 458 g/mol. The first kappa shape index (κ1) is 22.5. The molecule has 1 N–H and O–H groups in total. The Morgan fingerprint density at radius 2 is 2.06 bits per heavy atom. The molecule has 4 rings (SSSR count). The zero-order valence-electron chi connectivity index (χ0n) is 18.1. The number of hydrogen-bond acceptors (Lipinski definition) is 7. The standard InChI is InChI=1S/C23H27N3O5S/c1-2-30-22(28)15-8-10-16(11-9-15)24-20(27)14-32-21-18-6-3-7-19(18)26(23(29)25-21)13-17-5-4-12-31-17/h8-11,17H,2-7,12-14H2,1H3,(H,24,27). The van der Waals surface area contributed by atoms with Crippen LogP contribution in [0.15, 0.2) is 34.1 Å². The Morgan fingerprint density at radius 3 is 2.78 bits per heavy atom. The Balaban J connectivity index is 1.39. The van der Waals surface area contributed by atoms with Crippen molar-refractivity contribution in [3.8, 4) is 0 Å². The largest absolute Gasteiger partial charge is 0.462 e. The van der Waals surface area contributed by atoms with Crippen molar-refractivity contribution in [3.63, 3.8) is 0 Å². The van der Waals surface area contributed by atoms with Crippen LogP contribution >= 0.6 is 11.8 Å². The number of rotatable bonds is 8. The summed E-state index contributed by atoms with van der Waals surface area (Å²) in [4.78, 5) is 41.2. The van der Waals surface area contributed by atoms with Crippen molar-refractivity contribution in [2.45, 2.75) is 56.7 Å². The molecule has 1 saturated heterocycles. The van der Waals surface area contributed by atoms with E-state index >= 15 is 0 Å². The van der Waals surface area contributed by atoms with Crippen LogP contribution in [0.25, 0.3) is 0 Å². The van der Waals surface area contributed by atoms with Crippen molar-refractivity contribution >= 4 is 29.3 Å². The van der Waals surface area contributed by atoms with Gasteiger partial charge in [0.2, 0.25) is 5.91 Å². The fraction of sp³-hybridized carbons (Fsp3) is 0.478. The first-order chi connectivity index (χ1) is 15.5. The minimum absolute atomic E-state index is 0.0821. The lowest BCUT2D eigenvalue weighted by atomic mass is 10.2. The van der Waals surface area contributed by atoms with Gasteiger partial charge < -0.3 is 14.8 Å². The Labute approximate surface area is 190 Å². The van der Waals surface area contributed by atoms with E-state index in [1.54, 1.807) is 35.8 Å². The quantitative estimate of drug-likeness (QED) is 0.370. The summed E-state index contributed by atoms with van der Waals surface area (Å²) < 4.78 is 12.4. The fourth-order valence-corrected chi connectivity index (χ4v) is 5.00. The molecular weight excluding hydrogens is 430 g/mol. The number of thioether (sulfide) groups is 1. The Morgan fingerprint density at radius 1 is 1.25 bits per heavy atom. The van der Waals surface area contributed by atoms with E-state index in [-0.39, 0.29) is 23.5 Å². The lowest BCUT2D eigenvalue weighted by Gasteiger charge is -2.17. The molecule has 8 nitrogen and oxygen atoms in total. The summed E-state index contributed by atoms with van der Waals surface area (Å²) in [5.74, 6) is -0.445. The lowest BCUT2D eigenvalue weighted by Crippen LogP contribution is -2.31. The van der Waals surface area contributed by atoms with Crippen LogP contribution in [0.5, 0.6) is 0 Å². The molecule has 2 aliphatic rings. The third-order valence-electron chi connectivity index (χ3n) is 5.63. The highest BCUT2D eigenvalue weighted by molar-refractivity contribution is 8.00. The van der Waals surface area contributed by atoms with Crippen molar-refractivity contribution in [1.82, 2.24) is 9.55 Å². The summed E-state index contributed by atoms with van der Waals surface area (Å²) in [6.07, 6.45) is 4.79. The predicted molar refractivity (Wildman–Crippen MR) is 121 cm³/mol. The summed E-state index contributed by atoms with van der Waals surface area (Å²) in [7, 11) is 0. The van der Waals surface area contributed by atoms with Gasteiger partial charge in [0.25, 0.3) is 0 Å². The average Bonchev–Trinajstić information content (AvgIpc) is 3.47. The van der Waals surface area contributed by atoms with Crippen molar-refractivity contribution < 1.29 is 19.1 Å². The van der Waals surface area contributed by atoms with E-state index in [4.69, 9.17) is 9.47 Å². The van der Waals surface area contributed by atoms with Crippen LogP contribution in [0.4, 0.5) is 5.69 Å². The number of aromatic nitrogens is 2. The Kier molecular flexibility index (Phi) is 7.26. The number of anilines is 1. The van der Waals surface area contributed by atoms with Crippen molar-refractivity contribution in [2.75, 3.05) is 24.3 Å². The van der Waals surface area contributed by atoms with E-state index in [1.807, 2.05) is 0 Å². The second-order valence-electron chi connectivity index (χ2n) is 7.86. The van der Waals surface area contributed by atoms with E-state index in [0.29, 0.717) is 29.4 Å². The fourth-order valence-electron chi connectivity index (χ4n) is 4.12. The maximum absolute atomic E-state index is 12.7. The van der Waals surface area contributed by atoms with Crippen molar-refractivity contribution in [1.29, 1.82) is 0 Å². The van der Waals surface area contributed by atoms with Gasteiger partial charge >= 0.3 is 11.7 Å². The van der Waals surface area contributed by atoms with Gasteiger partial charge in [0, 0.05) is 23.6 Å². The van der Waals surface area contributed by atoms with Gasteiger partial charge in [-0.15, -0.1) is 0 Å². The molecule has 2 aromatic rings. The number of ether oxygens (including phenoxy) is 2. The number of carbonyl (C=O) groups is 2. The SMILES string of the molecule is CCOC(=O)c1ccc(NC(=O)CSc2nc(=O)n(CC3CCCO3)c3c2CCC3)cc1. The topological polar surface area (TPSA) is 99.5 Å². The highest BCUT2D eigenvalue weighted by Crippen LogP contribution is 2.30. The van der Waals surface area contributed by atoms with Gasteiger partial charge in [-0.2, -0.15) is 4.98 Å². The van der Waals surface area contributed by atoms with Gasteiger partial charge in [-0.25, -0.2) is 9.59 Å². The number of carbonyl (C=O) groups excluding carboxylic acids is 2. The summed E-state index contributed by atoms with van der Waals surface area (Å²) in [5, 5.41) is 3.46. The minimum Gasteiger partial charge on any atom is -0.462 e.